The summed E-state index contributed by atoms with van der Waals surface area (Å²) < 4.78 is 0. The first-order valence-corrected chi connectivity index (χ1v) is 8.80. The molecular formula is C21H24N4O2. The Bertz CT molecular complexity index is 774. The number of aryl methyl sites for hydroxylation is 2. The van der Waals surface area contributed by atoms with Crippen LogP contribution in [0.2, 0.25) is 0 Å². The summed E-state index contributed by atoms with van der Waals surface area (Å²) in [6.07, 6.45) is 4.06. The van der Waals surface area contributed by atoms with Crippen LogP contribution in [0.3, 0.4) is 0 Å². The van der Waals surface area contributed by atoms with Crippen LogP contribution in [-0.2, 0) is 9.59 Å². The highest BCUT2D eigenvalue weighted by Gasteiger charge is 2.03. The number of hydrogen-bond acceptors (Lipinski definition) is 4. The quantitative estimate of drug-likeness (QED) is 0.557. The van der Waals surface area contributed by atoms with Crippen molar-refractivity contribution in [2.24, 2.45) is 10.2 Å². The van der Waals surface area contributed by atoms with E-state index in [9.17, 15) is 9.59 Å². The Morgan fingerprint density at radius 3 is 1.67 bits per heavy atom. The second-order valence-corrected chi connectivity index (χ2v) is 6.27. The van der Waals surface area contributed by atoms with Gasteiger partial charge in [0.2, 0.25) is 11.8 Å². The highest BCUT2D eigenvalue weighted by Crippen LogP contribution is 2.02. The summed E-state index contributed by atoms with van der Waals surface area (Å²) in [6.45, 7) is 3.98. The minimum atomic E-state index is -0.227. The highest BCUT2D eigenvalue weighted by molar-refractivity contribution is 5.84. The van der Waals surface area contributed by atoms with Crippen molar-refractivity contribution >= 4 is 24.2 Å². The van der Waals surface area contributed by atoms with Crippen LogP contribution in [0.5, 0.6) is 0 Å². The fourth-order valence-electron chi connectivity index (χ4n) is 2.38. The Balaban J connectivity index is 1.63. The molecule has 0 atom stereocenters. The average Bonchev–Trinajstić information content (AvgIpc) is 2.62. The number of nitrogens with one attached hydrogen (secondary N) is 2. The van der Waals surface area contributed by atoms with Crippen LogP contribution in [0.4, 0.5) is 0 Å². The van der Waals surface area contributed by atoms with E-state index in [1.54, 1.807) is 12.4 Å². The van der Waals surface area contributed by atoms with Gasteiger partial charge in [-0.1, -0.05) is 59.7 Å². The number of hydrazone groups is 2. The van der Waals surface area contributed by atoms with Crippen LogP contribution in [-0.4, -0.2) is 24.2 Å². The maximum atomic E-state index is 11.7. The van der Waals surface area contributed by atoms with Gasteiger partial charge in [-0.2, -0.15) is 10.2 Å². The molecule has 0 saturated carbocycles. The second kappa shape index (κ2) is 10.7. The SMILES string of the molecule is Cc1cccc(/C=N/NC(=O)CCCC(=O)N/N=C/c2cccc(C)c2)c1. The number of hydrogen-bond donors (Lipinski definition) is 2. The van der Waals surface area contributed by atoms with E-state index in [1.165, 1.54) is 0 Å². The van der Waals surface area contributed by atoms with Gasteiger partial charge in [-0.05, 0) is 31.4 Å². The summed E-state index contributed by atoms with van der Waals surface area (Å²) in [4.78, 5) is 23.5. The Hall–Kier alpha value is -3.28. The van der Waals surface area contributed by atoms with Crippen molar-refractivity contribution in [3.05, 3.63) is 70.8 Å². The predicted octanol–water partition coefficient (Wildman–Crippen LogP) is 3.07. The molecule has 6 heteroatoms. The van der Waals surface area contributed by atoms with Crippen LogP contribution in [0.25, 0.3) is 0 Å². The Kier molecular flexibility index (Phi) is 7.91. The van der Waals surface area contributed by atoms with E-state index >= 15 is 0 Å². The van der Waals surface area contributed by atoms with E-state index in [-0.39, 0.29) is 24.7 Å². The van der Waals surface area contributed by atoms with Crippen molar-refractivity contribution in [2.75, 3.05) is 0 Å². The van der Waals surface area contributed by atoms with Gasteiger partial charge >= 0.3 is 0 Å². The lowest BCUT2D eigenvalue weighted by molar-refractivity contribution is -0.122. The molecule has 0 fully saturated rings. The van der Waals surface area contributed by atoms with Gasteiger partial charge in [-0.15, -0.1) is 0 Å². The topological polar surface area (TPSA) is 82.9 Å². The molecule has 0 unspecified atom stereocenters. The van der Waals surface area contributed by atoms with Crippen LogP contribution < -0.4 is 10.9 Å². The fourth-order valence-corrected chi connectivity index (χ4v) is 2.38. The molecule has 27 heavy (non-hydrogen) atoms. The maximum absolute atomic E-state index is 11.7. The van der Waals surface area contributed by atoms with Gasteiger partial charge in [-0.3, -0.25) is 9.59 Å². The van der Waals surface area contributed by atoms with Gasteiger partial charge in [0, 0.05) is 12.8 Å². The number of rotatable bonds is 8. The molecule has 2 amide bonds. The molecule has 0 aromatic heterocycles. The van der Waals surface area contributed by atoms with E-state index in [2.05, 4.69) is 21.1 Å². The summed E-state index contributed by atoms with van der Waals surface area (Å²) in [5, 5.41) is 7.84. The molecule has 6 nitrogen and oxygen atoms in total. The van der Waals surface area contributed by atoms with Gasteiger partial charge in [0.05, 0.1) is 12.4 Å². The zero-order valence-corrected chi connectivity index (χ0v) is 15.6. The summed E-state index contributed by atoms with van der Waals surface area (Å²) in [5.74, 6) is -0.454. The molecule has 2 aromatic carbocycles. The third kappa shape index (κ3) is 8.09. The minimum absolute atomic E-state index is 0.222. The van der Waals surface area contributed by atoms with Crippen LogP contribution in [0.15, 0.2) is 58.7 Å². The van der Waals surface area contributed by atoms with Gasteiger partial charge in [0.15, 0.2) is 0 Å². The summed E-state index contributed by atoms with van der Waals surface area (Å²) in [7, 11) is 0. The van der Waals surface area contributed by atoms with Crippen molar-refractivity contribution in [2.45, 2.75) is 33.1 Å². The van der Waals surface area contributed by atoms with Crippen LogP contribution in [0.1, 0.15) is 41.5 Å². The first kappa shape index (κ1) is 20.0. The monoisotopic (exact) mass is 364 g/mol. The molecule has 2 N–H and O–H groups in total. The van der Waals surface area contributed by atoms with Gasteiger partial charge in [0.1, 0.15) is 0 Å². The summed E-state index contributed by atoms with van der Waals surface area (Å²) in [6, 6.07) is 15.6. The second-order valence-electron chi connectivity index (χ2n) is 6.27. The average molecular weight is 364 g/mol. The summed E-state index contributed by atoms with van der Waals surface area (Å²) in [5.41, 5.74) is 9.01. The third-order valence-electron chi connectivity index (χ3n) is 3.70. The molecule has 140 valence electrons. The lowest BCUT2D eigenvalue weighted by Crippen LogP contribution is -2.20. The van der Waals surface area contributed by atoms with Crippen molar-refractivity contribution in [1.82, 2.24) is 10.9 Å². The van der Waals surface area contributed by atoms with Crippen LogP contribution in [0, 0.1) is 13.8 Å². The smallest absolute Gasteiger partial charge is 0.240 e. The first-order chi connectivity index (χ1) is 13.0. The molecule has 0 aliphatic rings. The van der Waals surface area contributed by atoms with Crippen LogP contribution >= 0.6 is 0 Å². The van der Waals surface area contributed by atoms with E-state index in [1.807, 2.05) is 62.4 Å². The molecule has 0 radical (unpaired) electrons. The largest absolute Gasteiger partial charge is 0.273 e. The molecule has 0 bridgehead atoms. The lowest BCUT2D eigenvalue weighted by Gasteiger charge is -2.01. The lowest BCUT2D eigenvalue weighted by atomic mass is 10.2. The Morgan fingerprint density at radius 1 is 0.815 bits per heavy atom. The number of nitrogens with zero attached hydrogens (tertiary/aromatic N) is 2. The number of carbonyl (C=O) groups excluding carboxylic acids is 2. The Labute approximate surface area is 159 Å². The highest BCUT2D eigenvalue weighted by atomic mass is 16.2. The molecule has 0 aliphatic heterocycles. The first-order valence-electron chi connectivity index (χ1n) is 8.80. The molecule has 0 aliphatic carbocycles. The summed E-state index contributed by atoms with van der Waals surface area (Å²) >= 11 is 0. The zero-order valence-electron chi connectivity index (χ0n) is 15.6. The molecule has 0 saturated heterocycles. The maximum Gasteiger partial charge on any atom is 0.240 e. The van der Waals surface area contributed by atoms with Gasteiger partial charge < -0.3 is 0 Å². The number of carbonyl (C=O) groups is 2. The van der Waals surface area contributed by atoms with Crippen molar-refractivity contribution in [3.63, 3.8) is 0 Å². The van der Waals surface area contributed by atoms with Crippen molar-refractivity contribution in [3.8, 4) is 0 Å². The molecule has 0 spiro atoms. The Morgan fingerprint density at radius 2 is 1.26 bits per heavy atom. The predicted molar refractivity (Wildman–Crippen MR) is 108 cm³/mol. The zero-order chi connectivity index (χ0) is 19.5. The van der Waals surface area contributed by atoms with E-state index in [0.29, 0.717) is 6.42 Å². The minimum Gasteiger partial charge on any atom is -0.273 e. The molecule has 2 rings (SSSR count). The van der Waals surface area contributed by atoms with Gasteiger partial charge in [0.25, 0.3) is 0 Å². The number of amides is 2. The van der Waals surface area contributed by atoms with Crippen molar-refractivity contribution < 1.29 is 9.59 Å². The molecule has 0 heterocycles. The number of benzene rings is 2. The van der Waals surface area contributed by atoms with E-state index in [4.69, 9.17) is 0 Å². The van der Waals surface area contributed by atoms with E-state index in [0.717, 1.165) is 22.3 Å². The van der Waals surface area contributed by atoms with Gasteiger partial charge in [-0.25, -0.2) is 10.9 Å². The fraction of sp³-hybridized carbons (Fsp3) is 0.238. The third-order valence-corrected chi connectivity index (χ3v) is 3.70. The molecule has 2 aromatic rings. The molecular weight excluding hydrogens is 340 g/mol. The van der Waals surface area contributed by atoms with Crippen molar-refractivity contribution in [1.29, 1.82) is 0 Å². The normalized spacial score (nSPS) is 11.0. The standard InChI is InChI=1S/C21H24N4O2/c1-16-6-3-8-18(12-16)14-22-24-20(26)10-5-11-21(27)25-23-15-19-9-4-7-17(2)13-19/h3-4,6-9,12-15H,5,10-11H2,1-2H3,(H,24,26)(H,25,27)/b22-14+,23-15+. The van der Waals surface area contributed by atoms with E-state index < -0.39 is 0 Å².